The molecule has 0 aromatic carbocycles. The second-order valence-electron chi connectivity index (χ2n) is 10.5. The zero-order valence-electron chi connectivity index (χ0n) is 22.9. The first-order chi connectivity index (χ1) is 21.4. The van der Waals surface area contributed by atoms with Crippen LogP contribution in [-0.2, 0) is 27.4 Å². The number of thiol groups is 2. The predicted molar refractivity (Wildman–Crippen MR) is 163 cm³/mol. The van der Waals surface area contributed by atoms with Crippen molar-refractivity contribution in [3.63, 3.8) is 0 Å². The molecule has 2 unspecified atom stereocenters. The van der Waals surface area contributed by atoms with Crippen LogP contribution < -0.4 is 11.3 Å². The Morgan fingerprint density at radius 2 is 1.87 bits per heavy atom. The molecule has 0 bridgehead atoms. The Labute approximate surface area is 262 Å². The van der Waals surface area contributed by atoms with Gasteiger partial charge in [0, 0.05) is 18.8 Å². The number of aliphatic hydroxyl groups is 1. The minimum Gasteiger partial charge on any atom is -0.388 e. The number of rotatable bonds is 9. The zero-order chi connectivity index (χ0) is 31.7. The minimum atomic E-state index is -4.36. The second-order valence-corrected chi connectivity index (χ2v) is 16.1. The molecule has 6 heterocycles. The van der Waals surface area contributed by atoms with Gasteiger partial charge in [0.15, 0.2) is 22.6 Å². The van der Waals surface area contributed by atoms with Crippen LogP contribution in [0.5, 0.6) is 0 Å². The molecule has 0 radical (unpaired) electrons. The minimum absolute atomic E-state index is 0.0183. The highest BCUT2D eigenvalue weighted by Crippen LogP contribution is 2.59. The van der Waals surface area contributed by atoms with Crippen molar-refractivity contribution in [2.75, 3.05) is 12.3 Å². The van der Waals surface area contributed by atoms with E-state index < -0.39 is 55.8 Å². The lowest BCUT2D eigenvalue weighted by atomic mass is 10.2. The Balaban J connectivity index is 1.10. The third-order valence-corrected chi connectivity index (χ3v) is 10.2. The number of anilines is 1. The van der Waals surface area contributed by atoms with Gasteiger partial charge in [-0.3, -0.25) is 27.3 Å². The lowest BCUT2D eigenvalue weighted by Crippen LogP contribution is -2.34. The van der Waals surface area contributed by atoms with Crippen molar-refractivity contribution in [2.45, 2.75) is 55.9 Å². The fourth-order valence-corrected chi connectivity index (χ4v) is 8.18. The topological polar surface area (TPSA) is 249 Å². The number of imidazole rings is 3. The van der Waals surface area contributed by atoms with Crippen molar-refractivity contribution in [3.05, 3.63) is 41.7 Å². The van der Waals surface area contributed by atoms with E-state index in [4.69, 9.17) is 24.0 Å². The van der Waals surface area contributed by atoms with Gasteiger partial charge in [-0.1, -0.05) is 24.5 Å². The van der Waals surface area contributed by atoms with Gasteiger partial charge in [0.05, 0.1) is 37.5 Å². The van der Waals surface area contributed by atoms with Gasteiger partial charge in [0.25, 0.3) is 5.56 Å². The smallest absolute Gasteiger partial charge is 0.386 e. The number of aromatic nitrogens is 9. The molecule has 1 aliphatic heterocycles. The Hall–Kier alpha value is -2.84. The number of nitrogens with one attached hydrogen (secondary N) is 1. The first kappa shape index (κ1) is 30.8. The number of nitrogens with zero attached hydrogens (tertiary/aromatic N) is 8. The van der Waals surface area contributed by atoms with Gasteiger partial charge in [0.1, 0.15) is 30.3 Å². The maximum atomic E-state index is 13.5. The Bertz CT molecular complexity index is 2060. The van der Waals surface area contributed by atoms with Crippen molar-refractivity contribution < 1.29 is 37.4 Å². The summed E-state index contributed by atoms with van der Waals surface area (Å²) in [6, 6.07) is -0.931. The Morgan fingerprint density at radius 1 is 1.09 bits per heavy atom. The second kappa shape index (κ2) is 11.4. The molecule has 2 aliphatic rings. The van der Waals surface area contributed by atoms with E-state index in [1.54, 1.807) is 10.9 Å². The number of hydrogen-bond acceptors (Lipinski definition) is 14. The van der Waals surface area contributed by atoms with Gasteiger partial charge in [-0.2, -0.15) is 4.98 Å². The summed E-state index contributed by atoms with van der Waals surface area (Å²) in [5.41, 5.74) is 6.52. The first-order valence-corrected chi connectivity index (χ1v) is 18.9. The number of ether oxygens (including phenoxy) is 1. The summed E-state index contributed by atoms with van der Waals surface area (Å²) in [7, 11) is 0. The van der Waals surface area contributed by atoms with E-state index in [-0.39, 0.29) is 35.8 Å². The SMILES string of the molecule is Nc1ncnc2c1ncn2[C@H]1CC[C@@H](COP(=O)(S)O[C@@H]2[C@H](O)[C@@H](OP(=O)(O)S)C[C@H]2n2cnc3c(=O)n4cc[nH]c4nc32)O1. The molecular formula is C22H26N10O9P2S2. The monoisotopic (exact) mass is 700 g/mol. The maximum Gasteiger partial charge on any atom is 0.386 e. The van der Waals surface area contributed by atoms with Crippen molar-refractivity contribution >= 4 is 72.0 Å². The third-order valence-electron chi connectivity index (χ3n) is 7.73. The van der Waals surface area contributed by atoms with Crippen LogP contribution in [0.25, 0.3) is 28.1 Å². The molecule has 19 nitrogen and oxygen atoms in total. The van der Waals surface area contributed by atoms with Crippen molar-refractivity contribution in [3.8, 4) is 0 Å². The van der Waals surface area contributed by atoms with E-state index in [0.717, 1.165) is 0 Å². The van der Waals surface area contributed by atoms with E-state index in [1.165, 1.54) is 34.0 Å². The van der Waals surface area contributed by atoms with E-state index in [9.17, 15) is 23.9 Å². The molecule has 23 heteroatoms. The molecule has 240 valence electrons. The molecule has 1 saturated carbocycles. The average Bonchev–Trinajstić information content (AvgIpc) is 3.80. The number of aliphatic hydroxyl groups excluding tert-OH is 1. The summed E-state index contributed by atoms with van der Waals surface area (Å²) < 4.78 is 52.5. The van der Waals surface area contributed by atoms with Gasteiger partial charge in [-0.25, -0.2) is 29.1 Å². The van der Waals surface area contributed by atoms with Crippen LogP contribution in [0.3, 0.4) is 0 Å². The molecule has 0 spiro atoms. The highest BCUT2D eigenvalue weighted by molar-refractivity contribution is 8.44. The highest BCUT2D eigenvalue weighted by atomic mass is 32.7. The summed E-state index contributed by atoms with van der Waals surface area (Å²) in [4.78, 5) is 46.6. The summed E-state index contributed by atoms with van der Waals surface area (Å²) in [6.45, 7) is -8.74. The quantitative estimate of drug-likeness (QED) is 0.0945. The summed E-state index contributed by atoms with van der Waals surface area (Å²) >= 11 is 7.70. The van der Waals surface area contributed by atoms with Crippen LogP contribution >= 0.6 is 38.1 Å². The van der Waals surface area contributed by atoms with Crippen molar-refractivity contribution in [2.24, 2.45) is 0 Å². The van der Waals surface area contributed by atoms with Crippen LogP contribution in [0.2, 0.25) is 0 Å². The normalized spacial score (nSPS) is 28.3. The Kier molecular flexibility index (Phi) is 7.83. The fourth-order valence-electron chi connectivity index (χ4n) is 5.74. The number of aromatic amines is 1. The van der Waals surface area contributed by atoms with E-state index in [2.05, 4.69) is 54.4 Å². The third kappa shape index (κ3) is 5.82. The lowest BCUT2D eigenvalue weighted by Gasteiger charge is -2.27. The molecule has 1 saturated heterocycles. The largest absolute Gasteiger partial charge is 0.388 e. The van der Waals surface area contributed by atoms with Crippen LogP contribution in [0.4, 0.5) is 5.82 Å². The number of nitrogen functional groups attached to an aromatic ring is 1. The van der Waals surface area contributed by atoms with Gasteiger partial charge in [-0.15, -0.1) is 0 Å². The molecule has 5 aromatic rings. The van der Waals surface area contributed by atoms with Gasteiger partial charge >= 0.3 is 13.6 Å². The van der Waals surface area contributed by atoms with Gasteiger partial charge in [-0.05, 0) is 12.8 Å². The maximum absolute atomic E-state index is 13.5. The summed E-state index contributed by atoms with van der Waals surface area (Å²) in [6.07, 6.45) is 3.03. The molecule has 7 rings (SSSR count). The first-order valence-electron chi connectivity index (χ1n) is 13.5. The Morgan fingerprint density at radius 3 is 2.67 bits per heavy atom. The summed E-state index contributed by atoms with van der Waals surface area (Å²) in [5, 5.41) is 11.1. The van der Waals surface area contributed by atoms with E-state index in [0.29, 0.717) is 24.0 Å². The summed E-state index contributed by atoms with van der Waals surface area (Å²) in [5.74, 6) is 0.469. The van der Waals surface area contributed by atoms with Crippen LogP contribution in [0.15, 0.2) is 36.2 Å². The molecule has 8 atom stereocenters. The predicted octanol–water partition coefficient (Wildman–Crippen LogP) is 1.63. The number of H-pyrrole nitrogens is 1. The zero-order valence-corrected chi connectivity index (χ0v) is 26.5. The molecule has 2 fully saturated rings. The highest BCUT2D eigenvalue weighted by Gasteiger charge is 2.50. The van der Waals surface area contributed by atoms with E-state index in [1.807, 2.05) is 0 Å². The van der Waals surface area contributed by atoms with Crippen LogP contribution in [-0.4, -0.2) is 84.5 Å². The molecule has 1 aliphatic carbocycles. The molecule has 0 amide bonds. The molecule has 5 N–H and O–H groups in total. The molecular weight excluding hydrogens is 674 g/mol. The number of hydrogen-bond donors (Lipinski definition) is 6. The average molecular weight is 701 g/mol. The molecule has 5 aromatic heterocycles. The molecule has 45 heavy (non-hydrogen) atoms. The standard InChI is InChI=1S/C22H26N10O9P2S2/c23-18-14-19(26-7-25-18)32(9-27-14)13-2-1-10(39-13)6-38-43(37,45)41-17-11(5-12(16(17)33)40-42(35,36)44)31-8-28-15-20(31)29-22-24-3-4-30(22)21(15)34/h3-4,7-13,16-17,33H,1-2,5-6H2,(H,24,29)(H,37,45)(H2,23,25,26)(H2,35,36,44)/t10-,11+,12-,13+,16+,17-,43?/m0/s1. The van der Waals surface area contributed by atoms with Crippen LogP contribution in [0, 0.1) is 0 Å². The van der Waals surface area contributed by atoms with Crippen molar-refractivity contribution in [1.82, 2.24) is 43.4 Å². The number of fused-ring (bicyclic) bond motifs is 3. The van der Waals surface area contributed by atoms with E-state index >= 15 is 0 Å². The number of nitrogens with two attached hydrogens (primary N) is 1. The fraction of sp³-hybridized carbons (Fsp3) is 0.455. The van der Waals surface area contributed by atoms with Crippen LogP contribution in [0.1, 0.15) is 31.5 Å². The van der Waals surface area contributed by atoms with Crippen molar-refractivity contribution in [1.29, 1.82) is 0 Å². The van der Waals surface area contributed by atoms with Gasteiger partial charge in [0.2, 0.25) is 5.78 Å². The van der Waals surface area contributed by atoms with Gasteiger partial charge < -0.3 is 30.0 Å². The lowest BCUT2D eigenvalue weighted by molar-refractivity contribution is -0.0282.